The molecule has 0 rings (SSSR count). The van der Waals surface area contributed by atoms with Gasteiger partial charge in [-0.3, -0.25) is 24.0 Å². The summed E-state index contributed by atoms with van der Waals surface area (Å²) < 4.78 is 0. The predicted octanol–water partition coefficient (Wildman–Crippen LogP) is -1.70. The molecule has 0 radical (unpaired) electrons. The Balaban J connectivity index is 5.65. The normalized spacial score (nSPS) is 15.5. The molecule has 5 atom stereocenters. The molecular weight excluding hydrogens is 438 g/mol. The maximum absolute atomic E-state index is 12.9. The minimum Gasteiger partial charge on any atom is -0.481 e. The van der Waals surface area contributed by atoms with Crippen LogP contribution in [0.3, 0.4) is 0 Å². The third-order valence-electron chi connectivity index (χ3n) is 5.12. The van der Waals surface area contributed by atoms with Gasteiger partial charge in [-0.15, -0.1) is 0 Å². The van der Waals surface area contributed by atoms with Crippen LogP contribution in [0.4, 0.5) is 0 Å². The largest absolute Gasteiger partial charge is 0.481 e. The molecule has 13 nitrogen and oxygen atoms in total. The van der Waals surface area contributed by atoms with Crippen LogP contribution in [0.15, 0.2) is 0 Å². The van der Waals surface area contributed by atoms with E-state index in [0.717, 1.165) is 0 Å². The maximum Gasteiger partial charge on any atom is 0.326 e. The first-order valence-electron chi connectivity index (χ1n) is 10.6. The minimum atomic E-state index is -1.70. The standard InChI is InChI=1S/C20H35N5O8/c1-5-10(4)16(19(31)24-12(20(32)33)8-14(27)28)25-17(29)11(6-7-13(21)26)23-18(30)15(22)9(2)3/h9-12,15-16H,5-8,22H2,1-4H3,(H2,21,26)(H,23,30)(H,24,31)(H,25,29)(H,27,28)(H,32,33). The number of carbonyl (C=O) groups excluding carboxylic acids is 4. The number of rotatable bonds is 15. The minimum absolute atomic E-state index is 0.149. The van der Waals surface area contributed by atoms with E-state index in [2.05, 4.69) is 16.0 Å². The van der Waals surface area contributed by atoms with E-state index in [0.29, 0.717) is 6.42 Å². The van der Waals surface area contributed by atoms with E-state index < -0.39 is 72.1 Å². The summed E-state index contributed by atoms with van der Waals surface area (Å²) >= 11 is 0. The number of primary amides is 1. The molecule has 0 aliphatic carbocycles. The second kappa shape index (κ2) is 14.0. The molecule has 5 unspecified atom stereocenters. The van der Waals surface area contributed by atoms with Crippen LogP contribution in [-0.2, 0) is 28.8 Å². The fourth-order valence-corrected chi connectivity index (χ4v) is 2.72. The van der Waals surface area contributed by atoms with Crippen LogP contribution in [0.25, 0.3) is 0 Å². The van der Waals surface area contributed by atoms with Crippen LogP contribution in [0.2, 0.25) is 0 Å². The number of nitrogens with two attached hydrogens (primary N) is 2. The Morgan fingerprint density at radius 2 is 1.39 bits per heavy atom. The topological polar surface area (TPSA) is 231 Å². The van der Waals surface area contributed by atoms with Gasteiger partial charge in [-0.1, -0.05) is 34.1 Å². The zero-order valence-electron chi connectivity index (χ0n) is 19.3. The lowest BCUT2D eigenvalue weighted by Crippen LogP contribution is -2.59. The van der Waals surface area contributed by atoms with E-state index in [-0.39, 0.29) is 18.8 Å². The monoisotopic (exact) mass is 473 g/mol. The van der Waals surface area contributed by atoms with Gasteiger partial charge in [0, 0.05) is 6.42 Å². The number of carboxylic acids is 2. The van der Waals surface area contributed by atoms with Gasteiger partial charge in [0.15, 0.2) is 0 Å². The van der Waals surface area contributed by atoms with Gasteiger partial charge in [-0.2, -0.15) is 0 Å². The lowest BCUT2D eigenvalue weighted by atomic mass is 9.96. The van der Waals surface area contributed by atoms with Crippen LogP contribution >= 0.6 is 0 Å². The molecule has 9 N–H and O–H groups in total. The van der Waals surface area contributed by atoms with Crippen molar-refractivity contribution < 1.29 is 39.0 Å². The first-order valence-corrected chi connectivity index (χ1v) is 10.6. The van der Waals surface area contributed by atoms with E-state index in [1.54, 1.807) is 27.7 Å². The number of nitrogens with one attached hydrogen (secondary N) is 3. The number of aliphatic carboxylic acids is 2. The van der Waals surface area contributed by atoms with Gasteiger partial charge in [-0.25, -0.2) is 4.79 Å². The van der Waals surface area contributed by atoms with Crippen molar-refractivity contribution in [1.82, 2.24) is 16.0 Å². The smallest absolute Gasteiger partial charge is 0.326 e. The van der Waals surface area contributed by atoms with Crippen molar-refractivity contribution in [3.8, 4) is 0 Å². The van der Waals surface area contributed by atoms with E-state index in [1.807, 2.05) is 0 Å². The van der Waals surface area contributed by atoms with Crippen molar-refractivity contribution in [2.75, 3.05) is 0 Å². The third-order valence-corrected chi connectivity index (χ3v) is 5.12. The summed E-state index contributed by atoms with van der Waals surface area (Å²) in [5.74, 6) is -6.71. The highest BCUT2D eigenvalue weighted by molar-refractivity contribution is 5.95. The Hall–Kier alpha value is -3.22. The first-order chi connectivity index (χ1) is 15.2. The zero-order valence-corrected chi connectivity index (χ0v) is 19.3. The van der Waals surface area contributed by atoms with Gasteiger partial charge < -0.3 is 37.6 Å². The van der Waals surface area contributed by atoms with Crippen molar-refractivity contribution >= 4 is 35.6 Å². The molecule has 33 heavy (non-hydrogen) atoms. The molecule has 0 heterocycles. The van der Waals surface area contributed by atoms with E-state index in [9.17, 15) is 28.8 Å². The first kappa shape index (κ1) is 29.8. The molecular formula is C20H35N5O8. The van der Waals surface area contributed by atoms with Crippen LogP contribution in [0.1, 0.15) is 53.4 Å². The molecule has 188 valence electrons. The third kappa shape index (κ3) is 10.8. The fourth-order valence-electron chi connectivity index (χ4n) is 2.72. The van der Waals surface area contributed by atoms with E-state index in [4.69, 9.17) is 21.7 Å². The maximum atomic E-state index is 12.9. The number of hydrogen-bond donors (Lipinski definition) is 7. The van der Waals surface area contributed by atoms with E-state index >= 15 is 0 Å². The van der Waals surface area contributed by atoms with Gasteiger partial charge in [-0.05, 0) is 18.3 Å². The quantitative estimate of drug-likeness (QED) is 0.143. The van der Waals surface area contributed by atoms with Crippen LogP contribution in [0.5, 0.6) is 0 Å². The Labute approximate surface area is 192 Å². The van der Waals surface area contributed by atoms with Gasteiger partial charge in [0.2, 0.25) is 23.6 Å². The highest BCUT2D eigenvalue weighted by atomic mass is 16.4. The van der Waals surface area contributed by atoms with Crippen LogP contribution in [-0.4, -0.2) is 69.9 Å². The molecule has 0 bridgehead atoms. The number of carbonyl (C=O) groups is 6. The van der Waals surface area contributed by atoms with Crippen LogP contribution in [0, 0.1) is 11.8 Å². The van der Waals surface area contributed by atoms with Crippen LogP contribution < -0.4 is 27.4 Å². The predicted molar refractivity (Wildman–Crippen MR) is 116 cm³/mol. The summed E-state index contributed by atoms with van der Waals surface area (Å²) in [5, 5.41) is 25.1. The van der Waals surface area contributed by atoms with Gasteiger partial charge in [0.05, 0.1) is 12.5 Å². The molecule has 0 aliphatic rings. The average molecular weight is 474 g/mol. The Morgan fingerprint density at radius 1 is 0.848 bits per heavy atom. The van der Waals surface area contributed by atoms with Crippen molar-refractivity contribution in [3.05, 3.63) is 0 Å². The molecule has 0 saturated carbocycles. The number of hydrogen-bond acceptors (Lipinski definition) is 7. The number of carboxylic acid groups (broad SMARTS) is 2. The molecule has 4 amide bonds. The Kier molecular flexibility index (Phi) is 12.7. The lowest BCUT2D eigenvalue weighted by Gasteiger charge is -2.28. The van der Waals surface area contributed by atoms with Crippen molar-refractivity contribution in [1.29, 1.82) is 0 Å². The van der Waals surface area contributed by atoms with Gasteiger partial charge in [0.1, 0.15) is 18.1 Å². The fraction of sp³-hybridized carbons (Fsp3) is 0.700. The lowest BCUT2D eigenvalue weighted by molar-refractivity contribution is -0.147. The summed E-state index contributed by atoms with van der Waals surface area (Å²) in [7, 11) is 0. The van der Waals surface area contributed by atoms with Gasteiger partial charge in [0.25, 0.3) is 0 Å². The SMILES string of the molecule is CCC(C)C(NC(=O)C(CCC(N)=O)NC(=O)C(N)C(C)C)C(=O)NC(CC(=O)O)C(=O)O. The highest BCUT2D eigenvalue weighted by Crippen LogP contribution is 2.11. The molecule has 0 aromatic rings. The summed E-state index contributed by atoms with van der Waals surface area (Å²) in [4.78, 5) is 71.3. The molecule has 0 aromatic carbocycles. The average Bonchev–Trinajstić information content (AvgIpc) is 2.71. The van der Waals surface area contributed by atoms with Gasteiger partial charge >= 0.3 is 11.9 Å². The zero-order chi connectivity index (χ0) is 25.9. The second-order valence-corrected chi connectivity index (χ2v) is 8.21. The summed E-state index contributed by atoms with van der Waals surface area (Å²) in [6.07, 6.45) is -0.823. The van der Waals surface area contributed by atoms with Crippen molar-refractivity contribution in [3.63, 3.8) is 0 Å². The molecule has 0 fully saturated rings. The Morgan fingerprint density at radius 3 is 1.82 bits per heavy atom. The molecule has 0 spiro atoms. The number of amides is 4. The highest BCUT2D eigenvalue weighted by Gasteiger charge is 2.33. The molecule has 0 saturated heterocycles. The van der Waals surface area contributed by atoms with Crippen molar-refractivity contribution in [2.45, 2.75) is 77.5 Å². The Bertz CT molecular complexity index is 742. The summed E-state index contributed by atoms with van der Waals surface area (Å²) in [6.45, 7) is 6.78. The summed E-state index contributed by atoms with van der Waals surface area (Å²) in [5.41, 5.74) is 10.9. The molecule has 0 aliphatic heterocycles. The molecule has 13 heteroatoms. The molecule has 0 aromatic heterocycles. The van der Waals surface area contributed by atoms with E-state index in [1.165, 1.54) is 0 Å². The second-order valence-electron chi connectivity index (χ2n) is 8.21. The van der Waals surface area contributed by atoms with Crippen molar-refractivity contribution in [2.24, 2.45) is 23.3 Å². The summed E-state index contributed by atoms with van der Waals surface area (Å²) in [6, 6.07) is -5.09.